The molecule has 1 heterocycles. The van der Waals surface area contributed by atoms with E-state index in [-0.39, 0.29) is 6.04 Å². The molecule has 1 fully saturated rings. The minimum absolute atomic E-state index is 0.329. The molecule has 2 aromatic rings. The lowest BCUT2D eigenvalue weighted by atomic mass is 10.2. The van der Waals surface area contributed by atoms with Gasteiger partial charge in [-0.1, -0.05) is 83.9 Å². The van der Waals surface area contributed by atoms with Crippen molar-refractivity contribution in [2.24, 2.45) is 9.98 Å². The number of ether oxygens (including phenoxy) is 1. The first-order valence-electron chi connectivity index (χ1n) is 9.03. The molecule has 3 rings (SSSR count). The van der Waals surface area contributed by atoms with Gasteiger partial charge in [-0.05, 0) is 11.1 Å². The lowest BCUT2D eigenvalue weighted by Crippen LogP contribution is -2.49. The molecule has 142 valence electrons. The van der Waals surface area contributed by atoms with E-state index < -0.39 is 0 Å². The van der Waals surface area contributed by atoms with Gasteiger partial charge in [0, 0.05) is 13.1 Å². The van der Waals surface area contributed by atoms with Crippen molar-refractivity contribution in [2.45, 2.75) is 19.1 Å². The van der Waals surface area contributed by atoms with E-state index in [9.17, 15) is 0 Å². The maximum absolute atomic E-state index is 6.61. The summed E-state index contributed by atoms with van der Waals surface area (Å²) in [6, 6.07) is 19.7. The van der Waals surface area contributed by atoms with Crippen LogP contribution in [0.5, 0.6) is 0 Å². The molecule has 1 aliphatic rings. The largest absolute Gasteiger partial charge is 0.379 e. The topological polar surface area (TPSA) is 37.2 Å². The Morgan fingerprint density at radius 2 is 1.26 bits per heavy atom. The molecule has 0 spiro atoms. The van der Waals surface area contributed by atoms with E-state index in [2.05, 4.69) is 14.9 Å². The summed E-state index contributed by atoms with van der Waals surface area (Å²) in [5.74, 6) is 0. The van der Waals surface area contributed by atoms with Gasteiger partial charge in [0.2, 0.25) is 0 Å². The minimum atomic E-state index is -0.329. The average molecular weight is 404 g/mol. The molecule has 1 aliphatic heterocycles. The van der Waals surface area contributed by atoms with E-state index in [1.54, 1.807) is 0 Å². The highest BCUT2D eigenvalue weighted by molar-refractivity contribution is 6.76. The van der Waals surface area contributed by atoms with Crippen LogP contribution in [0.4, 0.5) is 0 Å². The van der Waals surface area contributed by atoms with E-state index in [0.717, 1.165) is 24.2 Å². The number of halogens is 2. The van der Waals surface area contributed by atoms with Crippen LogP contribution in [0.3, 0.4) is 0 Å². The number of aliphatic imine (C=N–C) groups is 2. The molecule has 0 atom stereocenters. The first-order valence-corrected chi connectivity index (χ1v) is 9.79. The average Bonchev–Trinajstić information content (AvgIpc) is 2.73. The van der Waals surface area contributed by atoms with Crippen molar-refractivity contribution in [1.29, 1.82) is 0 Å². The summed E-state index contributed by atoms with van der Waals surface area (Å²) in [5, 5.41) is 0.921. The Hall–Kier alpha value is -1.72. The summed E-state index contributed by atoms with van der Waals surface area (Å²) >= 11 is 13.2. The zero-order chi connectivity index (χ0) is 18.9. The van der Waals surface area contributed by atoms with Crippen LogP contribution in [0.25, 0.3) is 0 Å². The van der Waals surface area contributed by atoms with Crippen LogP contribution in [0.15, 0.2) is 70.6 Å². The summed E-state index contributed by atoms with van der Waals surface area (Å²) in [6.45, 7) is 3.84. The highest BCUT2D eigenvalue weighted by Gasteiger charge is 2.28. The fourth-order valence-corrected chi connectivity index (χ4v) is 3.57. The van der Waals surface area contributed by atoms with Crippen molar-refractivity contribution in [3.63, 3.8) is 0 Å². The number of hydrogen-bond donors (Lipinski definition) is 0. The molecule has 6 heteroatoms. The Bertz CT molecular complexity index is 702. The molecule has 0 bridgehead atoms. The summed E-state index contributed by atoms with van der Waals surface area (Å²) in [7, 11) is 0. The molecule has 0 N–H and O–H groups in total. The normalized spacial score (nSPS) is 17.7. The molecule has 0 amide bonds. The Morgan fingerprint density at radius 3 is 1.70 bits per heavy atom. The fraction of sp³-hybridized carbons (Fsp3) is 0.333. The maximum atomic E-state index is 6.61. The second-order valence-corrected chi connectivity index (χ2v) is 7.07. The first-order chi connectivity index (χ1) is 13.2. The molecule has 4 nitrogen and oxygen atoms in total. The van der Waals surface area contributed by atoms with Crippen LogP contribution in [0, 0.1) is 0 Å². The van der Waals surface area contributed by atoms with E-state index in [0.29, 0.717) is 36.6 Å². The Kier molecular flexibility index (Phi) is 7.84. The predicted octanol–water partition coefficient (Wildman–Crippen LogP) is 4.36. The Balaban J connectivity index is 1.76. The number of benzene rings is 2. The predicted molar refractivity (Wildman–Crippen MR) is 113 cm³/mol. The SMILES string of the molecule is ClC(=NCc1ccccc1)C(C(Cl)=NCc1ccccc1)N1CCOCC1. The third-order valence-corrected chi connectivity index (χ3v) is 5.03. The minimum Gasteiger partial charge on any atom is -0.379 e. The Labute approximate surface area is 170 Å². The molecule has 0 aliphatic carbocycles. The van der Waals surface area contributed by atoms with Crippen LogP contribution >= 0.6 is 23.2 Å². The van der Waals surface area contributed by atoms with Gasteiger partial charge in [0.15, 0.2) is 0 Å². The molecule has 1 saturated heterocycles. The molecule has 0 unspecified atom stereocenters. The van der Waals surface area contributed by atoms with Crippen LogP contribution in [0.1, 0.15) is 11.1 Å². The van der Waals surface area contributed by atoms with E-state index in [1.165, 1.54) is 0 Å². The zero-order valence-electron chi connectivity index (χ0n) is 15.1. The summed E-state index contributed by atoms with van der Waals surface area (Å²) < 4.78 is 5.46. The Morgan fingerprint density at radius 1 is 0.815 bits per heavy atom. The van der Waals surface area contributed by atoms with Gasteiger partial charge in [0.25, 0.3) is 0 Å². The van der Waals surface area contributed by atoms with Crippen molar-refractivity contribution >= 4 is 33.5 Å². The van der Waals surface area contributed by atoms with E-state index in [4.69, 9.17) is 27.9 Å². The van der Waals surface area contributed by atoms with Crippen LogP contribution in [-0.2, 0) is 17.8 Å². The van der Waals surface area contributed by atoms with Gasteiger partial charge in [-0.3, -0.25) is 14.9 Å². The van der Waals surface area contributed by atoms with Gasteiger partial charge in [-0.2, -0.15) is 0 Å². The second kappa shape index (κ2) is 10.6. The first kappa shape index (κ1) is 20.0. The number of hydrogen-bond acceptors (Lipinski definition) is 4. The van der Waals surface area contributed by atoms with Crippen molar-refractivity contribution < 1.29 is 4.74 Å². The highest BCUT2D eigenvalue weighted by atomic mass is 35.5. The fourth-order valence-electron chi connectivity index (χ4n) is 2.91. The maximum Gasteiger partial charge on any atom is 0.125 e. The molecular weight excluding hydrogens is 381 g/mol. The third kappa shape index (κ3) is 6.15. The zero-order valence-corrected chi connectivity index (χ0v) is 16.6. The standard InChI is InChI=1S/C21H23Cl2N3O/c22-20(24-15-17-7-3-1-4-8-17)19(26-11-13-27-14-12-26)21(23)25-16-18-9-5-2-6-10-18/h1-10,19H,11-16H2. The molecule has 27 heavy (non-hydrogen) atoms. The number of nitrogens with zero attached hydrogens (tertiary/aromatic N) is 3. The summed E-state index contributed by atoms with van der Waals surface area (Å²) in [4.78, 5) is 11.3. The van der Waals surface area contributed by atoms with Crippen molar-refractivity contribution in [1.82, 2.24) is 4.90 Å². The lowest BCUT2D eigenvalue weighted by molar-refractivity contribution is 0.0387. The van der Waals surface area contributed by atoms with Crippen LogP contribution in [-0.4, -0.2) is 47.6 Å². The van der Waals surface area contributed by atoms with Gasteiger partial charge in [0.1, 0.15) is 16.4 Å². The second-order valence-electron chi connectivity index (χ2n) is 6.30. The van der Waals surface area contributed by atoms with Crippen molar-refractivity contribution in [3.8, 4) is 0 Å². The van der Waals surface area contributed by atoms with Gasteiger partial charge in [0.05, 0.1) is 26.3 Å². The summed E-state index contributed by atoms with van der Waals surface area (Å²) in [6.07, 6.45) is 0. The van der Waals surface area contributed by atoms with Crippen LogP contribution in [0.2, 0.25) is 0 Å². The highest BCUT2D eigenvalue weighted by Crippen LogP contribution is 2.15. The molecule has 2 aromatic carbocycles. The van der Waals surface area contributed by atoms with Crippen molar-refractivity contribution in [3.05, 3.63) is 71.8 Å². The molecule has 0 radical (unpaired) electrons. The monoisotopic (exact) mass is 403 g/mol. The molecule has 0 saturated carbocycles. The number of morpholine rings is 1. The van der Waals surface area contributed by atoms with Crippen LogP contribution < -0.4 is 0 Å². The smallest absolute Gasteiger partial charge is 0.125 e. The van der Waals surface area contributed by atoms with E-state index in [1.807, 2.05) is 60.7 Å². The van der Waals surface area contributed by atoms with Gasteiger partial charge < -0.3 is 4.74 Å². The van der Waals surface area contributed by atoms with Crippen molar-refractivity contribution in [2.75, 3.05) is 26.3 Å². The lowest BCUT2D eigenvalue weighted by Gasteiger charge is -2.32. The summed E-state index contributed by atoms with van der Waals surface area (Å²) in [5.41, 5.74) is 2.21. The molecule has 0 aromatic heterocycles. The third-order valence-electron chi connectivity index (χ3n) is 4.37. The van der Waals surface area contributed by atoms with Gasteiger partial charge in [-0.25, -0.2) is 0 Å². The quantitative estimate of drug-likeness (QED) is 0.643. The van der Waals surface area contributed by atoms with Gasteiger partial charge in [-0.15, -0.1) is 0 Å². The van der Waals surface area contributed by atoms with E-state index >= 15 is 0 Å². The van der Waals surface area contributed by atoms with Gasteiger partial charge >= 0.3 is 0 Å². The molecular formula is C21H23Cl2N3O. The number of rotatable bonds is 7.